The molecule has 2 rings (SSSR count). The van der Waals surface area contributed by atoms with E-state index in [-0.39, 0.29) is 0 Å². The fraction of sp³-hybridized carbons (Fsp3) is 0.545. The minimum atomic E-state index is -0.909. The molecule has 0 radical (unpaired) electrons. The number of carboxylic acid groups (broad SMARTS) is 1. The average Bonchev–Trinajstić information content (AvgIpc) is 2.96. The number of rotatable bonds is 6. The molecule has 0 spiro atoms. The molecule has 1 aromatic rings. The van der Waals surface area contributed by atoms with Gasteiger partial charge in [-0.2, -0.15) is 0 Å². The number of carboxylic acids is 1. The molecule has 0 aromatic carbocycles. The maximum atomic E-state index is 10.9. The first-order valence-corrected chi connectivity index (χ1v) is 6.13. The van der Waals surface area contributed by atoms with Crippen LogP contribution < -0.4 is 0 Å². The molecular weight excluding hydrogens is 274 g/mol. The fourth-order valence-electron chi connectivity index (χ4n) is 1.54. The zero-order valence-corrected chi connectivity index (χ0v) is 10.4. The van der Waals surface area contributed by atoms with E-state index >= 15 is 0 Å². The highest BCUT2D eigenvalue weighted by Gasteiger charge is 2.21. The molecule has 1 aliphatic carbocycles. The Morgan fingerprint density at radius 2 is 2.38 bits per heavy atom. The van der Waals surface area contributed by atoms with Crippen molar-refractivity contribution in [3.05, 3.63) is 22.4 Å². The average molecular weight is 288 g/mol. The van der Waals surface area contributed by atoms with Crippen molar-refractivity contribution in [1.82, 2.24) is 4.57 Å². The third-order valence-electron chi connectivity index (χ3n) is 2.61. The van der Waals surface area contributed by atoms with E-state index < -0.39 is 5.97 Å². The largest absolute Gasteiger partial charge is 0.477 e. The van der Waals surface area contributed by atoms with Gasteiger partial charge in [-0.05, 0) is 40.8 Å². The van der Waals surface area contributed by atoms with E-state index in [1.54, 1.807) is 16.8 Å². The Balaban J connectivity index is 1.84. The molecule has 0 unspecified atom stereocenters. The lowest BCUT2D eigenvalue weighted by Gasteiger charge is -2.06. The van der Waals surface area contributed by atoms with Crippen molar-refractivity contribution >= 4 is 21.9 Å². The second-order valence-electron chi connectivity index (χ2n) is 4.06. The van der Waals surface area contributed by atoms with Gasteiger partial charge in [-0.3, -0.25) is 0 Å². The molecule has 1 heterocycles. The van der Waals surface area contributed by atoms with Crippen molar-refractivity contribution in [3.8, 4) is 0 Å². The summed E-state index contributed by atoms with van der Waals surface area (Å²) < 4.78 is 7.95. The number of ether oxygens (including phenoxy) is 1. The lowest BCUT2D eigenvalue weighted by atomic mass is 10.4. The van der Waals surface area contributed by atoms with Crippen LogP contribution in [0.15, 0.2) is 16.7 Å². The van der Waals surface area contributed by atoms with Crippen LogP contribution in [0, 0.1) is 5.92 Å². The van der Waals surface area contributed by atoms with Crippen molar-refractivity contribution in [2.24, 2.45) is 5.92 Å². The van der Waals surface area contributed by atoms with Crippen molar-refractivity contribution in [2.45, 2.75) is 19.4 Å². The van der Waals surface area contributed by atoms with E-state index in [9.17, 15) is 4.79 Å². The molecule has 0 amide bonds. The number of aromatic carboxylic acids is 1. The smallest absolute Gasteiger partial charge is 0.352 e. The summed E-state index contributed by atoms with van der Waals surface area (Å²) in [6.07, 6.45) is 4.31. The number of aromatic nitrogens is 1. The second kappa shape index (κ2) is 5.01. The molecule has 1 saturated carbocycles. The quantitative estimate of drug-likeness (QED) is 0.818. The first-order valence-electron chi connectivity index (χ1n) is 5.33. The van der Waals surface area contributed by atoms with Crippen LogP contribution in [0.4, 0.5) is 0 Å². The highest BCUT2D eigenvalue weighted by Crippen LogP contribution is 2.28. The van der Waals surface area contributed by atoms with Gasteiger partial charge in [0.15, 0.2) is 0 Å². The summed E-state index contributed by atoms with van der Waals surface area (Å²) >= 11 is 3.27. The van der Waals surface area contributed by atoms with Crippen molar-refractivity contribution in [3.63, 3.8) is 0 Å². The highest BCUT2D eigenvalue weighted by atomic mass is 79.9. The standard InChI is InChI=1S/C11H14BrNO3/c12-9-5-10(11(14)15)13(6-9)3-4-16-7-8-1-2-8/h5-6,8H,1-4,7H2,(H,14,15). The molecule has 1 aromatic heterocycles. The molecule has 88 valence electrons. The predicted molar refractivity (Wildman–Crippen MR) is 62.6 cm³/mol. The Kier molecular flexibility index (Phi) is 3.66. The number of hydrogen-bond acceptors (Lipinski definition) is 2. The SMILES string of the molecule is O=C(O)c1cc(Br)cn1CCOCC1CC1. The van der Waals surface area contributed by atoms with Crippen molar-refractivity contribution in [1.29, 1.82) is 0 Å². The molecule has 0 saturated heterocycles. The summed E-state index contributed by atoms with van der Waals surface area (Å²) in [7, 11) is 0. The van der Waals surface area contributed by atoms with Gasteiger partial charge < -0.3 is 14.4 Å². The van der Waals surface area contributed by atoms with Gasteiger partial charge in [0.2, 0.25) is 0 Å². The predicted octanol–water partition coefficient (Wildman–Crippen LogP) is 2.38. The van der Waals surface area contributed by atoms with Crippen LogP contribution in [0.5, 0.6) is 0 Å². The molecule has 0 atom stereocenters. The molecule has 16 heavy (non-hydrogen) atoms. The summed E-state index contributed by atoms with van der Waals surface area (Å²) in [5.41, 5.74) is 0.293. The van der Waals surface area contributed by atoms with E-state index in [1.807, 2.05) is 0 Å². The van der Waals surface area contributed by atoms with Crippen molar-refractivity contribution in [2.75, 3.05) is 13.2 Å². The lowest BCUT2D eigenvalue weighted by molar-refractivity contribution is 0.0679. The molecular formula is C11H14BrNO3. The minimum absolute atomic E-state index is 0.293. The van der Waals surface area contributed by atoms with Gasteiger partial charge in [0.1, 0.15) is 5.69 Å². The van der Waals surface area contributed by atoms with Crippen LogP contribution in [0.25, 0.3) is 0 Å². The third-order valence-corrected chi connectivity index (χ3v) is 3.04. The van der Waals surface area contributed by atoms with E-state index in [0.29, 0.717) is 18.8 Å². The summed E-state index contributed by atoms with van der Waals surface area (Å²) in [6.45, 7) is 1.96. The molecule has 5 heteroatoms. The van der Waals surface area contributed by atoms with E-state index in [1.165, 1.54) is 12.8 Å². The first kappa shape index (κ1) is 11.7. The third kappa shape index (κ3) is 3.09. The highest BCUT2D eigenvalue weighted by molar-refractivity contribution is 9.10. The Labute approximate surface area is 102 Å². The van der Waals surface area contributed by atoms with E-state index in [0.717, 1.165) is 17.0 Å². The normalized spacial score (nSPS) is 15.3. The van der Waals surface area contributed by atoms with Gasteiger partial charge in [-0.25, -0.2) is 4.79 Å². The van der Waals surface area contributed by atoms with E-state index in [2.05, 4.69) is 15.9 Å². The van der Waals surface area contributed by atoms with Gasteiger partial charge in [0, 0.05) is 23.8 Å². The Morgan fingerprint density at radius 3 is 3.00 bits per heavy atom. The summed E-state index contributed by atoms with van der Waals surface area (Å²) in [5, 5.41) is 8.95. The minimum Gasteiger partial charge on any atom is -0.477 e. The van der Waals surface area contributed by atoms with Crippen LogP contribution in [0.2, 0.25) is 0 Å². The number of halogens is 1. The molecule has 1 aliphatic rings. The second-order valence-corrected chi connectivity index (χ2v) is 4.98. The number of nitrogens with zero attached hydrogens (tertiary/aromatic N) is 1. The zero-order chi connectivity index (χ0) is 11.5. The fourth-order valence-corrected chi connectivity index (χ4v) is 2.00. The monoisotopic (exact) mass is 287 g/mol. The van der Waals surface area contributed by atoms with Gasteiger partial charge >= 0.3 is 5.97 Å². The summed E-state index contributed by atoms with van der Waals surface area (Å²) in [5.74, 6) is -0.164. The molecule has 0 aliphatic heterocycles. The van der Waals surface area contributed by atoms with Crippen LogP contribution in [0.1, 0.15) is 23.3 Å². The van der Waals surface area contributed by atoms with E-state index in [4.69, 9.17) is 9.84 Å². The van der Waals surface area contributed by atoms with Crippen LogP contribution in [-0.2, 0) is 11.3 Å². The molecule has 0 bridgehead atoms. The Hall–Kier alpha value is -0.810. The maximum absolute atomic E-state index is 10.9. The molecule has 1 fully saturated rings. The molecule has 1 N–H and O–H groups in total. The van der Waals surface area contributed by atoms with Gasteiger partial charge in [0.05, 0.1) is 6.61 Å². The van der Waals surface area contributed by atoms with Gasteiger partial charge in [-0.1, -0.05) is 0 Å². The van der Waals surface area contributed by atoms with Crippen molar-refractivity contribution < 1.29 is 14.6 Å². The van der Waals surface area contributed by atoms with Crippen LogP contribution >= 0.6 is 15.9 Å². The van der Waals surface area contributed by atoms with Gasteiger partial charge in [-0.15, -0.1) is 0 Å². The summed E-state index contributed by atoms with van der Waals surface area (Å²) in [4.78, 5) is 10.9. The Bertz CT molecular complexity index is 385. The van der Waals surface area contributed by atoms with Crippen LogP contribution in [0.3, 0.4) is 0 Å². The topological polar surface area (TPSA) is 51.5 Å². The number of hydrogen-bond donors (Lipinski definition) is 1. The number of carbonyl (C=O) groups is 1. The lowest BCUT2D eigenvalue weighted by Crippen LogP contribution is -2.12. The summed E-state index contributed by atoms with van der Waals surface area (Å²) in [6, 6.07) is 1.60. The maximum Gasteiger partial charge on any atom is 0.352 e. The zero-order valence-electron chi connectivity index (χ0n) is 8.86. The first-order chi connectivity index (χ1) is 7.66. The van der Waals surface area contributed by atoms with Gasteiger partial charge in [0.25, 0.3) is 0 Å². The molecule has 4 nitrogen and oxygen atoms in total. The van der Waals surface area contributed by atoms with Crippen LogP contribution in [-0.4, -0.2) is 28.9 Å². The Morgan fingerprint density at radius 1 is 1.62 bits per heavy atom.